The fraction of sp³-hybridized carbons (Fsp3) is 0.333. The highest BCUT2D eigenvalue weighted by Gasteiger charge is 2.05. The highest BCUT2D eigenvalue weighted by molar-refractivity contribution is 5.82. The van der Waals surface area contributed by atoms with E-state index in [1.165, 1.54) is 16.3 Å². The van der Waals surface area contributed by atoms with Crippen molar-refractivity contribution in [1.29, 1.82) is 0 Å². The molecule has 0 amide bonds. The minimum absolute atomic E-state index is 0.0125. The predicted molar refractivity (Wildman–Crippen MR) is 73.5 cm³/mol. The van der Waals surface area contributed by atoms with Crippen LogP contribution in [0.5, 0.6) is 0 Å². The van der Waals surface area contributed by atoms with Crippen LogP contribution in [0.3, 0.4) is 0 Å². The molecule has 0 heterocycles. The Morgan fingerprint density at radius 3 is 2.67 bits per heavy atom. The van der Waals surface area contributed by atoms with Crippen molar-refractivity contribution in [3.05, 3.63) is 48.0 Å². The topological polar surface area (TPSA) is 41.5 Å². The molecule has 2 rings (SSSR count). The van der Waals surface area contributed by atoms with Gasteiger partial charge in [-0.3, -0.25) is 0 Å². The zero-order valence-corrected chi connectivity index (χ0v) is 10.6. The van der Waals surface area contributed by atoms with Gasteiger partial charge in [-0.2, -0.15) is 0 Å². The standard InChI is InChI=1S/C15H19NO2/c1-18-11-15(10-17)16-9-12-6-7-13-4-2-3-5-14(13)8-12/h2-8,15-17H,9-11H2,1H3. The number of fused-ring (bicyclic) bond motifs is 1. The van der Waals surface area contributed by atoms with Crippen LogP contribution in [0.1, 0.15) is 5.56 Å². The number of aliphatic hydroxyl groups is 1. The Hall–Kier alpha value is -1.42. The molecule has 18 heavy (non-hydrogen) atoms. The van der Waals surface area contributed by atoms with E-state index in [2.05, 4.69) is 35.6 Å². The minimum atomic E-state index is -0.0125. The largest absolute Gasteiger partial charge is 0.395 e. The second-order valence-electron chi connectivity index (χ2n) is 4.40. The molecule has 1 unspecified atom stereocenters. The number of nitrogens with one attached hydrogen (secondary N) is 1. The maximum atomic E-state index is 9.16. The summed E-state index contributed by atoms with van der Waals surface area (Å²) >= 11 is 0. The monoisotopic (exact) mass is 245 g/mol. The molecular weight excluding hydrogens is 226 g/mol. The molecule has 0 aliphatic heterocycles. The van der Waals surface area contributed by atoms with Gasteiger partial charge in [-0.25, -0.2) is 0 Å². The lowest BCUT2D eigenvalue weighted by molar-refractivity contribution is 0.128. The van der Waals surface area contributed by atoms with Crippen LogP contribution < -0.4 is 5.32 Å². The van der Waals surface area contributed by atoms with Crippen molar-refractivity contribution in [2.45, 2.75) is 12.6 Å². The van der Waals surface area contributed by atoms with Crippen LogP contribution in [0.4, 0.5) is 0 Å². The van der Waals surface area contributed by atoms with E-state index in [0.29, 0.717) is 6.61 Å². The smallest absolute Gasteiger partial charge is 0.0638 e. The summed E-state index contributed by atoms with van der Waals surface area (Å²) in [4.78, 5) is 0. The molecule has 1 atom stereocenters. The summed E-state index contributed by atoms with van der Waals surface area (Å²) in [6, 6.07) is 14.7. The van der Waals surface area contributed by atoms with Crippen molar-refractivity contribution in [2.24, 2.45) is 0 Å². The van der Waals surface area contributed by atoms with E-state index in [1.807, 2.05) is 12.1 Å². The first kappa shape index (κ1) is 13.0. The first-order valence-corrected chi connectivity index (χ1v) is 6.14. The lowest BCUT2D eigenvalue weighted by Gasteiger charge is -2.15. The molecule has 0 aromatic heterocycles. The van der Waals surface area contributed by atoms with E-state index in [-0.39, 0.29) is 12.6 Å². The number of ether oxygens (including phenoxy) is 1. The van der Waals surface area contributed by atoms with Gasteiger partial charge in [-0.15, -0.1) is 0 Å². The summed E-state index contributed by atoms with van der Waals surface area (Å²) in [7, 11) is 1.64. The SMILES string of the molecule is COCC(CO)NCc1ccc2ccccc2c1. The van der Waals surface area contributed by atoms with Crippen molar-refractivity contribution in [3.63, 3.8) is 0 Å². The molecule has 3 heteroatoms. The van der Waals surface area contributed by atoms with E-state index < -0.39 is 0 Å². The third kappa shape index (κ3) is 3.29. The average molecular weight is 245 g/mol. The van der Waals surface area contributed by atoms with Crippen LogP contribution in [0.25, 0.3) is 10.8 Å². The fourth-order valence-corrected chi connectivity index (χ4v) is 1.99. The van der Waals surface area contributed by atoms with Crippen LogP contribution in [0.2, 0.25) is 0 Å². The van der Waals surface area contributed by atoms with Crippen LogP contribution in [-0.2, 0) is 11.3 Å². The molecule has 2 aromatic rings. The molecule has 0 spiro atoms. The molecule has 2 N–H and O–H groups in total. The number of hydrogen-bond donors (Lipinski definition) is 2. The maximum absolute atomic E-state index is 9.16. The molecule has 96 valence electrons. The Morgan fingerprint density at radius 2 is 1.94 bits per heavy atom. The van der Waals surface area contributed by atoms with Gasteiger partial charge < -0.3 is 15.2 Å². The van der Waals surface area contributed by atoms with E-state index in [1.54, 1.807) is 7.11 Å². The molecule has 0 fully saturated rings. The van der Waals surface area contributed by atoms with Gasteiger partial charge in [0.2, 0.25) is 0 Å². The van der Waals surface area contributed by atoms with E-state index in [4.69, 9.17) is 9.84 Å². The van der Waals surface area contributed by atoms with Gasteiger partial charge in [0.25, 0.3) is 0 Å². The van der Waals surface area contributed by atoms with Gasteiger partial charge in [0.1, 0.15) is 0 Å². The third-order valence-electron chi connectivity index (χ3n) is 3.00. The van der Waals surface area contributed by atoms with Crippen LogP contribution >= 0.6 is 0 Å². The van der Waals surface area contributed by atoms with E-state index in [0.717, 1.165) is 6.54 Å². The Balaban J connectivity index is 2.03. The molecular formula is C15H19NO2. The first-order chi connectivity index (χ1) is 8.83. The highest BCUT2D eigenvalue weighted by atomic mass is 16.5. The maximum Gasteiger partial charge on any atom is 0.0638 e. The zero-order valence-electron chi connectivity index (χ0n) is 10.6. The van der Waals surface area contributed by atoms with Crippen LogP contribution in [0.15, 0.2) is 42.5 Å². The summed E-state index contributed by atoms with van der Waals surface area (Å²) in [5, 5.41) is 14.9. The minimum Gasteiger partial charge on any atom is -0.395 e. The van der Waals surface area contributed by atoms with Gasteiger partial charge in [0.05, 0.1) is 19.3 Å². The zero-order chi connectivity index (χ0) is 12.8. The van der Waals surface area contributed by atoms with Crippen molar-refractivity contribution in [3.8, 4) is 0 Å². The molecule has 2 aromatic carbocycles. The lowest BCUT2D eigenvalue weighted by atomic mass is 10.1. The molecule has 0 bridgehead atoms. The Bertz CT molecular complexity index is 499. The Kier molecular flexibility index (Phi) is 4.70. The van der Waals surface area contributed by atoms with E-state index >= 15 is 0 Å². The number of aliphatic hydroxyl groups excluding tert-OH is 1. The average Bonchev–Trinajstić information content (AvgIpc) is 2.43. The summed E-state index contributed by atoms with van der Waals surface area (Å²) < 4.78 is 5.03. The number of benzene rings is 2. The summed E-state index contributed by atoms with van der Waals surface area (Å²) in [6.45, 7) is 1.34. The second-order valence-corrected chi connectivity index (χ2v) is 4.40. The van der Waals surface area contributed by atoms with Crippen molar-refractivity contribution >= 4 is 10.8 Å². The summed E-state index contributed by atoms with van der Waals surface area (Å²) in [6.07, 6.45) is 0. The lowest BCUT2D eigenvalue weighted by Crippen LogP contribution is -2.35. The van der Waals surface area contributed by atoms with Gasteiger partial charge in [-0.1, -0.05) is 36.4 Å². The van der Waals surface area contributed by atoms with Gasteiger partial charge in [0, 0.05) is 13.7 Å². The summed E-state index contributed by atoms with van der Waals surface area (Å²) in [5.41, 5.74) is 1.21. The van der Waals surface area contributed by atoms with Gasteiger partial charge in [-0.05, 0) is 22.4 Å². The third-order valence-corrected chi connectivity index (χ3v) is 3.00. The fourth-order valence-electron chi connectivity index (χ4n) is 1.99. The molecule has 0 saturated carbocycles. The summed E-state index contributed by atoms with van der Waals surface area (Å²) in [5.74, 6) is 0. The van der Waals surface area contributed by atoms with Crippen molar-refractivity contribution in [2.75, 3.05) is 20.3 Å². The Labute approximate surface area is 107 Å². The highest BCUT2D eigenvalue weighted by Crippen LogP contribution is 2.15. The molecule has 0 aliphatic rings. The predicted octanol–water partition coefficient (Wildman–Crippen LogP) is 1.94. The normalized spacial score (nSPS) is 12.8. The number of hydrogen-bond acceptors (Lipinski definition) is 3. The second kappa shape index (κ2) is 6.50. The van der Waals surface area contributed by atoms with Gasteiger partial charge >= 0.3 is 0 Å². The molecule has 0 saturated heterocycles. The molecule has 0 aliphatic carbocycles. The number of methoxy groups -OCH3 is 1. The van der Waals surface area contributed by atoms with Crippen molar-refractivity contribution < 1.29 is 9.84 Å². The quantitative estimate of drug-likeness (QED) is 0.817. The Morgan fingerprint density at radius 1 is 1.17 bits per heavy atom. The molecule has 3 nitrogen and oxygen atoms in total. The van der Waals surface area contributed by atoms with Crippen LogP contribution in [0, 0.1) is 0 Å². The number of rotatable bonds is 6. The van der Waals surface area contributed by atoms with E-state index in [9.17, 15) is 0 Å². The van der Waals surface area contributed by atoms with Gasteiger partial charge in [0.15, 0.2) is 0 Å². The molecule has 0 radical (unpaired) electrons. The van der Waals surface area contributed by atoms with Crippen molar-refractivity contribution in [1.82, 2.24) is 5.32 Å². The first-order valence-electron chi connectivity index (χ1n) is 6.14. The van der Waals surface area contributed by atoms with Crippen LogP contribution in [-0.4, -0.2) is 31.5 Å².